The fraction of sp³-hybridized carbons (Fsp3) is 0.250. The molecule has 3 amide bonds. The number of imide groups is 1. The summed E-state index contributed by atoms with van der Waals surface area (Å²) in [5.74, 6) is -0.568. The molecule has 3 aromatic rings. The van der Waals surface area contributed by atoms with E-state index in [1.807, 2.05) is 34.0 Å². The van der Waals surface area contributed by atoms with Crippen molar-refractivity contribution in [3.63, 3.8) is 0 Å². The Morgan fingerprint density at radius 2 is 1.68 bits per heavy atom. The second-order valence-electron chi connectivity index (χ2n) is 7.97. The number of hydrogen-bond donors (Lipinski definition) is 0. The largest absolute Gasteiger partial charge is 0.337 e. The summed E-state index contributed by atoms with van der Waals surface area (Å²) in [6.07, 6.45) is 5.64. The summed E-state index contributed by atoms with van der Waals surface area (Å²) in [4.78, 5) is 41.2. The Kier molecular flexibility index (Phi) is 4.86. The summed E-state index contributed by atoms with van der Waals surface area (Å²) in [5, 5.41) is 4.31. The van der Waals surface area contributed by atoms with Crippen LogP contribution >= 0.6 is 0 Å². The molecule has 2 aromatic carbocycles. The molecule has 0 N–H and O–H groups in total. The van der Waals surface area contributed by atoms with E-state index in [1.165, 1.54) is 4.90 Å². The molecule has 1 fully saturated rings. The lowest BCUT2D eigenvalue weighted by molar-refractivity contribution is 0.0638. The van der Waals surface area contributed by atoms with Gasteiger partial charge < -0.3 is 4.90 Å². The number of rotatable bonds is 4. The van der Waals surface area contributed by atoms with Crippen molar-refractivity contribution < 1.29 is 14.4 Å². The predicted octanol–water partition coefficient (Wildman–Crippen LogP) is 3.16. The SMILES string of the molecule is O=C(c1ccc(CN2C(=O)c3ccccc3C2=O)cc1)N1CCCC(n2cccn2)C1. The van der Waals surface area contributed by atoms with E-state index in [0.717, 1.165) is 24.9 Å². The summed E-state index contributed by atoms with van der Waals surface area (Å²) in [5.41, 5.74) is 2.29. The predicted molar refractivity (Wildman–Crippen MR) is 113 cm³/mol. The van der Waals surface area contributed by atoms with Gasteiger partial charge in [0.1, 0.15) is 0 Å². The van der Waals surface area contributed by atoms with E-state index >= 15 is 0 Å². The maximum absolute atomic E-state index is 13.0. The molecule has 7 nitrogen and oxygen atoms in total. The van der Waals surface area contributed by atoms with E-state index in [9.17, 15) is 14.4 Å². The lowest BCUT2D eigenvalue weighted by Gasteiger charge is -2.33. The quantitative estimate of drug-likeness (QED) is 0.615. The number of amides is 3. The molecule has 0 spiro atoms. The van der Waals surface area contributed by atoms with E-state index in [1.54, 1.807) is 42.6 Å². The second-order valence-corrected chi connectivity index (χ2v) is 7.97. The van der Waals surface area contributed by atoms with Crippen molar-refractivity contribution in [3.05, 3.63) is 89.2 Å². The first-order valence-electron chi connectivity index (χ1n) is 10.4. The second kappa shape index (κ2) is 7.83. The molecule has 0 aliphatic carbocycles. The smallest absolute Gasteiger partial charge is 0.261 e. The minimum absolute atomic E-state index is 0.0101. The zero-order valence-electron chi connectivity index (χ0n) is 17.0. The summed E-state index contributed by atoms with van der Waals surface area (Å²) in [6, 6.07) is 16.1. The number of benzene rings is 2. The average Bonchev–Trinajstić information content (AvgIpc) is 3.44. The maximum atomic E-state index is 13.0. The first-order valence-corrected chi connectivity index (χ1v) is 10.4. The molecule has 1 unspecified atom stereocenters. The topological polar surface area (TPSA) is 75.5 Å². The van der Waals surface area contributed by atoms with Gasteiger partial charge in [0.2, 0.25) is 0 Å². The highest BCUT2D eigenvalue weighted by atomic mass is 16.2. The van der Waals surface area contributed by atoms with Crippen molar-refractivity contribution >= 4 is 17.7 Å². The molecule has 31 heavy (non-hydrogen) atoms. The van der Waals surface area contributed by atoms with E-state index < -0.39 is 0 Å². The van der Waals surface area contributed by atoms with Crippen LogP contribution in [-0.2, 0) is 6.54 Å². The third-order valence-corrected chi connectivity index (χ3v) is 6.00. The summed E-state index contributed by atoms with van der Waals surface area (Å²) in [6.45, 7) is 1.55. The molecule has 1 saturated heterocycles. The number of nitrogens with zero attached hydrogens (tertiary/aromatic N) is 4. The van der Waals surface area contributed by atoms with E-state index in [0.29, 0.717) is 23.2 Å². The first kappa shape index (κ1) is 19.2. The normalized spacial score (nSPS) is 18.4. The number of hydrogen-bond acceptors (Lipinski definition) is 4. The summed E-state index contributed by atoms with van der Waals surface area (Å²) >= 11 is 0. The van der Waals surface area contributed by atoms with Crippen LogP contribution in [0.15, 0.2) is 67.0 Å². The first-order chi connectivity index (χ1) is 15.1. The number of carbonyl (C=O) groups excluding carboxylic acids is 3. The molecule has 0 saturated carbocycles. The lowest BCUT2D eigenvalue weighted by Crippen LogP contribution is -2.40. The fourth-order valence-corrected chi connectivity index (χ4v) is 4.35. The average molecular weight is 414 g/mol. The van der Waals surface area contributed by atoms with Gasteiger partial charge in [-0.15, -0.1) is 0 Å². The van der Waals surface area contributed by atoms with Crippen LogP contribution in [0.5, 0.6) is 0 Å². The van der Waals surface area contributed by atoms with Crippen molar-refractivity contribution in [1.82, 2.24) is 19.6 Å². The Morgan fingerprint density at radius 3 is 2.32 bits per heavy atom. The number of likely N-dealkylation sites (tertiary alicyclic amines) is 1. The van der Waals surface area contributed by atoms with Crippen LogP contribution < -0.4 is 0 Å². The Morgan fingerprint density at radius 1 is 0.968 bits per heavy atom. The van der Waals surface area contributed by atoms with Gasteiger partial charge in [-0.3, -0.25) is 24.0 Å². The molecule has 1 atom stereocenters. The zero-order valence-corrected chi connectivity index (χ0v) is 17.0. The van der Waals surface area contributed by atoms with Gasteiger partial charge in [-0.2, -0.15) is 5.10 Å². The molecular formula is C24H22N4O3. The Hall–Kier alpha value is -3.74. The van der Waals surface area contributed by atoms with Crippen molar-refractivity contribution in [2.45, 2.75) is 25.4 Å². The molecule has 7 heteroatoms. The highest BCUT2D eigenvalue weighted by Gasteiger charge is 2.35. The maximum Gasteiger partial charge on any atom is 0.261 e. The third kappa shape index (κ3) is 3.52. The van der Waals surface area contributed by atoms with Crippen LogP contribution in [0, 0.1) is 0 Å². The van der Waals surface area contributed by atoms with Crippen LogP contribution in [0.2, 0.25) is 0 Å². The van der Waals surface area contributed by atoms with Gasteiger partial charge in [-0.05, 0) is 48.7 Å². The van der Waals surface area contributed by atoms with Gasteiger partial charge in [0.15, 0.2) is 0 Å². The van der Waals surface area contributed by atoms with Crippen LogP contribution in [0.3, 0.4) is 0 Å². The van der Waals surface area contributed by atoms with Crippen LogP contribution in [0.25, 0.3) is 0 Å². The molecule has 3 heterocycles. The van der Waals surface area contributed by atoms with Gasteiger partial charge in [-0.1, -0.05) is 24.3 Å². The van der Waals surface area contributed by atoms with Crippen molar-refractivity contribution in [2.24, 2.45) is 0 Å². The standard InChI is InChI=1S/C24H22N4O3/c29-22(26-13-3-5-19(16-26)28-14-4-12-25-28)18-10-8-17(9-11-18)15-27-23(30)20-6-1-2-7-21(20)24(27)31/h1-2,4,6-12,14,19H,3,5,13,15-16H2. The monoisotopic (exact) mass is 414 g/mol. The lowest BCUT2D eigenvalue weighted by atomic mass is 10.0. The third-order valence-electron chi connectivity index (χ3n) is 6.00. The Bertz CT molecular complexity index is 1100. The highest BCUT2D eigenvalue weighted by molar-refractivity contribution is 6.21. The van der Waals surface area contributed by atoms with Crippen LogP contribution in [0.4, 0.5) is 0 Å². The highest BCUT2D eigenvalue weighted by Crippen LogP contribution is 2.25. The number of piperidine rings is 1. The number of carbonyl (C=O) groups is 3. The van der Waals surface area contributed by atoms with Gasteiger partial charge in [0.05, 0.1) is 23.7 Å². The molecule has 2 aliphatic rings. The summed E-state index contributed by atoms with van der Waals surface area (Å²) in [7, 11) is 0. The molecule has 0 radical (unpaired) electrons. The number of aromatic nitrogens is 2. The van der Waals surface area contributed by atoms with E-state index in [4.69, 9.17) is 0 Å². The zero-order chi connectivity index (χ0) is 21.4. The van der Waals surface area contributed by atoms with Crippen molar-refractivity contribution in [1.29, 1.82) is 0 Å². The molecular weight excluding hydrogens is 392 g/mol. The molecule has 156 valence electrons. The Labute approximate surface area is 179 Å². The van der Waals surface area contributed by atoms with Gasteiger partial charge in [0, 0.05) is 31.0 Å². The van der Waals surface area contributed by atoms with Crippen LogP contribution in [0.1, 0.15) is 55.5 Å². The minimum atomic E-state index is -0.279. The molecule has 0 bridgehead atoms. The Balaban J connectivity index is 1.27. The number of fused-ring (bicyclic) bond motifs is 1. The van der Waals surface area contributed by atoms with Crippen LogP contribution in [-0.4, -0.2) is 50.4 Å². The van der Waals surface area contributed by atoms with Crippen molar-refractivity contribution in [2.75, 3.05) is 13.1 Å². The van der Waals surface area contributed by atoms with Crippen molar-refractivity contribution in [3.8, 4) is 0 Å². The van der Waals surface area contributed by atoms with Gasteiger partial charge in [-0.25, -0.2) is 0 Å². The molecule has 2 aliphatic heterocycles. The van der Waals surface area contributed by atoms with E-state index in [2.05, 4.69) is 5.10 Å². The van der Waals surface area contributed by atoms with E-state index in [-0.39, 0.29) is 30.3 Å². The van der Waals surface area contributed by atoms with Gasteiger partial charge >= 0.3 is 0 Å². The summed E-state index contributed by atoms with van der Waals surface area (Å²) < 4.78 is 1.92. The molecule has 1 aromatic heterocycles. The fourth-order valence-electron chi connectivity index (χ4n) is 4.35. The molecule has 5 rings (SSSR count). The van der Waals surface area contributed by atoms with Gasteiger partial charge in [0.25, 0.3) is 17.7 Å². The minimum Gasteiger partial charge on any atom is -0.337 e.